The van der Waals surface area contributed by atoms with Gasteiger partial charge in [0.25, 0.3) is 0 Å². The Morgan fingerprint density at radius 1 is 1.21 bits per heavy atom. The van der Waals surface area contributed by atoms with Crippen LogP contribution in [0.2, 0.25) is 0 Å². The Balaban J connectivity index is 1.34. The minimum Gasteiger partial charge on any atom is -0.494 e. The third-order valence-electron chi connectivity index (χ3n) is 5.72. The average molecular weight is 403 g/mol. The van der Waals surface area contributed by atoms with Gasteiger partial charge in [0, 0.05) is 51.3 Å². The number of amides is 2. The SMILES string of the molecule is COc1ccc(/C=C/C(=O)NCCN2CCN(C(=O)C3CCCC3)CC2)cc1F. The zero-order valence-electron chi connectivity index (χ0n) is 17.0. The highest BCUT2D eigenvalue weighted by molar-refractivity contribution is 5.91. The van der Waals surface area contributed by atoms with Crippen LogP contribution in [0.4, 0.5) is 4.39 Å². The number of hydrogen-bond acceptors (Lipinski definition) is 4. The van der Waals surface area contributed by atoms with Gasteiger partial charge < -0.3 is 15.0 Å². The minimum atomic E-state index is -0.458. The Morgan fingerprint density at radius 3 is 2.59 bits per heavy atom. The molecular weight excluding hydrogens is 373 g/mol. The number of nitrogens with one attached hydrogen (secondary N) is 1. The maximum atomic E-state index is 13.7. The molecule has 0 bridgehead atoms. The molecule has 1 aliphatic carbocycles. The lowest BCUT2D eigenvalue weighted by atomic mass is 10.1. The summed E-state index contributed by atoms with van der Waals surface area (Å²) in [5.74, 6) is 0.0795. The summed E-state index contributed by atoms with van der Waals surface area (Å²) < 4.78 is 18.5. The summed E-state index contributed by atoms with van der Waals surface area (Å²) in [7, 11) is 1.41. The number of ether oxygens (including phenoxy) is 1. The number of carbonyl (C=O) groups is 2. The van der Waals surface area contributed by atoms with Crippen LogP contribution in [0.1, 0.15) is 31.2 Å². The first kappa shape index (κ1) is 21.3. The van der Waals surface area contributed by atoms with E-state index in [1.165, 1.54) is 38.2 Å². The summed E-state index contributed by atoms with van der Waals surface area (Å²) in [5, 5.41) is 2.85. The molecule has 2 fully saturated rings. The number of benzene rings is 1. The molecule has 1 aliphatic heterocycles. The molecule has 0 radical (unpaired) electrons. The second-order valence-electron chi connectivity index (χ2n) is 7.67. The first-order chi connectivity index (χ1) is 14.1. The van der Waals surface area contributed by atoms with Crippen molar-refractivity contribution in [2.24, 2.45) is 5.92 Å². The summed E-state index contributed by atoms with van der Waals surface area (Å²) in [6.45, 7) is 4.52. The van der Waals surface area contributed by atoms with Gasteiger partial charge in [-0.25, -0.2) is 4.39 Å². The largest absolute Gasteiger partial charge is 0.494 e. The Kier molecular flexibility index (Phi) is 7.63. The Bertz CT molecular complexity index is 739. The number of hydrogen-bond donors (Lipinski definition) is 1. The van der Waals surface area contributed by atoms with E-state index in [0.717, 1.165) is 45.6 Å². The zero-order valence-corrected chi connectivity index (χ0v) is 17.0. The van der Waals surface area contributed by atoms with Gasteiger partial charge in [-0.2, -0.15) is 0 Å². The number of piperazine rings is 1. The lowest BCUT2D eigenvalue weighted by molar-refractivity contribution is -0.137. The van der Waals surface area contributed by atoms with Gasteiger partial charge in [0.05, 0.1) is 7.11 Å². The molecule has 0 atom stereocenters. The predicted octanol–water partition coefficient (Wildman–Crippen LogP) is 2.30. The molecule has 1 heterocycles. The van der Waals surface area contributed by atoms with Gasteiger partial charge in [0.15, 0.2) is 11.6 Å². The smallest absolute Gasteiger partial charge is 0.244 e. The van der Waals surface area contributed by atoms with Crippen molar-refractivity contribution in [2.45, 2.75) is 25.7 Å². The Labute approximate surface area is 171 Å². The van der Waals surface area contributed by atoms with Crippen LogP contribution in [0, 0.1) is 11.7 Å². The van der Waals surface area contributed by atoms with Crippen LogP contribution < -0.4 is 10.1 Å². The molecule has 1 N–H and O–H groups in total. The second kappa shape index (κ2) is 10.4. The molecule has 0 unspecified atom stereocenters. The van der Waals surface area contributed by atoms with E-state index in [4.69, 9.17) is 4.74 Å². The van der Waals surface area contributed by atoms with E-state index >= 15 is 0 Å². The Hall–Kier alpha value is -2.41. The third kappa shape index (κ3) is 6.03. The predicted molar refractivity (Wildman–Crippen MR) is 110 cm³/mol. The monoisotopic (exact) mass is 403 g/mol. The number of halogens is 1. The molecule has 7 heteroatoms. The van der Waals surface area contributed by atoms with Crippen molar-refractivity contribution in [2.75, 3.05) is 46.4 Å². The number of nitrogens with zero attached hydrogens (tertiary/aromatic N) is 2. The molecule has 3 rings (SSSR count). The summed E-state index contributed by atoms with van der Waals surface area (Å²) in [4.78, 5) is 28.7. The number of carbonyl (C=O) groups excluding carboxylic acids is 2. The molecule has 2 aliphatic rings. The van der Waals surface area contributed by atoms with Crippen molar-refractivity contribution in [1.82, 2.24) is 15.1 Å². The topological polar surface area (TPSA) is 61.9 Å². The molecule has 29 heavy (non-hydrogen) atoms. The van der Waals surface area contributed by atoms with E-state index < -0.39 is 5.82 Å². The van der Waals surface area contributed by atoms with Crippen LogP contribution in [0.5, 0.6) is 5.75 Å². The summed E-state index contributed by atoms with van der Waals surface area (Å²) in [6.07, 6.45) is 7.42. The maximum Gasteiger partial charge on any atom is 0.244 e. The Morgan fingerprint density at radius 2 is 1.93 bits per heavy atom. The number of rotatable bonds is 7. The minimum absolute atomic E-state index is 0.177. The highest BCUT2D eigenvalue weighted by atomic mass is 19.1. The fraction of sp³-hybridized carbons (Fsp3) is 0.545. The van der Waals surface area contributed by atoms with E-state index in [1.54, 1.807) is 12.1 Å². The summed E-state index contributed by atoms with van der Waals surface area (Å²) >= 11 is 0. The summed E-state index contributed by atoms with van der Waals surface area (Å²) in [6, 6.07) is 4.55. The van der Waals surface area contributed by atoms with Crippen molar-refractivity contribution >= 4 is 17.9 Å². The molecule has 1 aromatic carbocycles. The summed E-state index contributed by atoms with van der Waals surface area (Å²) in [5.41, 5.74) is 0.599. The molecular formula is C22H30FN3O3. The van der Waals surface area contributed by atoms with Gasteiger partial charge in [-0.05, 0) is 36.6 Å². The standard InChI is InChI=1S/C22H30FN3O3/c1-29-20-8-6-17(16-19(20)23)7-9-21(27)24-10-11-25-12-14-26(15-13-25)22(28)18-4-2-3-5-18/h6-9,16,18H,2-5,10-15H2,1H3,(H,24,27)/b9-7+. The fourth-order valence-corrected chi connectivity index (χ4v) is 3.98. The molecule has 1 saturated heterocycles. The highest BCUT2D eigenvalue weighted by Crippen LogP contribution is 2.26. The van der Waals surface area contributed by atoms with Gasteiger partial charge >= 0.3 is 0 Å². The van der Waals surface area contributed by atoms with Gasteiger partial charge in [0.2, 0.25) is 11.8 Å². The van der Waals surface area contributed by atoms with E-state index in [9.17, 15) is 14.0 Å². The molecule has 0 spiro atoms. The van der Waals surface area contributed by atoms with Crippen LogP contribution in [-0.4, -0.2) is 68.0 Å². The van der Waals surface area contributed by atoms with Gasteiger partial charge in [-0.15, -0.1) is 0 Å². The van der Waals surface area contributed by atoms with Crippen LogP contribution in [0.3, 0.4) is 0 Å². The van der Waals surface area contributed by atoms with E-state index in [0.29, 0.717) is 18.0 Å². The number of methoxy groups -OCH3 is 1. The lowest BCUT2D eigenvalue weighted by Crippen LogP contribution is -2.51. The van der Waals surface area contributed by atoms with Crippen molar-refractivity contribution in [3.8, 4) is 5.75 Å². The molecule has 158 valence electrons. The van der Waals surface area contributed by atoms with E-state index in [2.05, 4.69) is 10.2 Å². The molecule has 1 aromatic rings. The third-order valence-corrected chi connectivity index (χ3v) is 5.72. The molecule has 2 amide bonds. The highest BCUT2D eigenvalue weighted by Gasteiger charge is 2.29. The molecule has 0 aromatic heterocycles. The normalized spacial score (nSPS) is 18.3. The van der Waals surface area contributed by atoms with E-state index in [1.807, 2.05) is 4.90 Å². The average Bonchev–Trinajstić information content (AvgIpc) is 3.27. The zero-order chi connectivity index (χ0) is 20.6. The molecule has 6 nitrogen and oxygen atoms in total. The van der Waals surface area contributed by atoms with Gasteiger partial charge in [0.1, 0.15) is 0 Å². The van der Waals surface area contributed by atoms with Gasteiger partial charge in [-0.3, -0.25) is 14.5 Å². The fourth-order valence-electron chi connectivity index (χ4n) is 3.98. The maximum absolute atomic E-state index is 13.7. The van der Waals surface area contributed by atoms with Crippen molar-refractivity contribution in [1.29, 1.82) is 0 Å². The van der Waals surface area contributed by atoms with Crippen LogP contribution >= 0.6 is 0 Å². The van der Waals surface area contributed by atoms with Gasteiger partial charge in [-0.1, -0.05) is 18.9 Å². The van der Waals surface area contributed by atoms with Crippen LogP contribution in [0.15, 0.2) is 24.3 Å². The second-order valence-corrected chi connectivity index (χ2v) is 7.67. The van der Waals surface area contributed by atoms with Crippen LogP contribution in [-0.2, 0) is 9.59 Å². The van der Waals surface area contributed by atoms with E-state index in [-0.39, 0.29) is 17.6 Å². The van der Waals surface area contributed by atoms with Crippen molar-refractivity contribution < 1.29 is 18.7 Å². The van der Waals surface area contributed by atoms with Crippen molar-refractivity contribution in [3.05, 3.63) is 35.7 Å². The quantitative estimate of drug-likeness (QED) is 0.710. The van der Waals surface area contributed by atoms with Crippen LogP contribution in [0.25, 0.3) is 6.08 Å². The first-order valence-electron chi connectivity index (χ1n) is 10.4. The first-order valence-corrected chi connectivity index (χ1v) is 10.4. The van der Waals surface area contributed by atoms with Crippen molar-refractivity contribution in [3.63, 3.8) is 0 Å². The lowest BCUT2D eigenvalue weighted by Gasteiger charge is -2.36. The molecule has 1 saturated carbocycles.